The van der Waals surface area contributed by atoms with E-state index in [1.165, 1.54) is 6.92 Å². The predicted octanol–water partition coefficient (Wildman–Crippen LogP) is 1.82. The normalized spacial score (nSPS) is 12.0. The Morgan fingerprint density at radius 3 is 2.40 bits per heavy atom. The Kier molecular flexibility index (Phi) is 5.74. The second-order valence-corrected chi connectivity index (χ2v) is 5.84. The molecule has 8 heteroatoms. The molecule has 2 N–H and O–H groups in total. The van der Waals surface area contributed by atoms with Gasteiger partial charge in [0.2, 0.25) is 0 Å². The fourth-order valence-corrected chi connectivity index (χ4v) is 2.27. The largest absolute Gasteiger partial charge is 0.491 e. The number of carboxylic acids is 1. The molecule has 1 aromatic carbocycles. The van der Waals surface area contributed by atoms with Crippen molar-refractivity contribution in [3.63, 3.8) is 0 Å². The maximum absolute atomic E-state index is 12.2. The lowest BCUT2D eigenvalue weighted by Crippen LogP contribution is -2.38. The van der Waals surface area contributed by atoms with Crippen molar-refractivity contribution in [3.8, 4) is 11.4 Å². The highest BCUT2D eigenvalue weighted by Gasteiger charge is 2.22. The van der Waals surface area contributed by atoms with Gasteiger partial charge in [0.15, 0.2) is 5.69 Å². The molecule has 0 aliphatic heterocycles. The summed E-state index contributed by atoms with van der Waals surface area (Å²) in [5.74, 6) is -0.928. The summed E-state index contributed by atoms with van der Waals surface area (Å²) in [4.78, 5) is 23.1. The average Bonchev–Trinajstić information content (AvgIpc) is 2.98. The summed E-state index contributed by atoms with van der Waals surface area (Å²) in [7, 11) is 0. The summed E-state index contributed by atoms with van der Waals surface area (Å²) in [6.07, 6.45) is 0.594. The number of benzene rings is 1. The van der Waals surface area contributed by atoms with Crippen LogP contribution in [0, 0.1) is 0 Å². The van der Waals surface area contributed by atoms with E-state index in [-0.39, 0.29) is 11.8 Å². The monoisotopic (exact) mass is 346 g/mol. The van der Waals surface area contributed by atoms with Crippen LogP contribution in [0.25, 0.3) is 5.69 Å². The molecule has 1 amide bonds. The molecular weight excluding hydrogens is 324 g/mol. The second kappa shape index (κ2) is 7.78. The van der Waals surface area contributed by atoms with Crippen molar-refractivity contribution in [1.29, 1.82) is 0 Å². The molecule has 1 atom stereocenters. The first kappa shape index (κ1) is 18.4. The van der Waals surface area contributed by atoms with E-state index in [1.54, 1.807) is 4.68 Å². The number of carbonyl (C=O) groups excluding carboxylic acids is 1. The Balaban J connectivity index is 2.27. The lowest BCUT2D eigenvalue weighted by atomic mass is 10.2. The van der Waals surface area contributed by atoms with Crippen molar-refractivity contribution < 1.29 is 19.4 Å². The number of hydrogen-bond acceptors (Lipinski definition) is 5. The van der Waals surface area contributed by atoms with Crippen molar-refractivity contribution in [1.82, 2.24) is 20.3 Å². The van der Waals surface area contributed by atoms with E-state index in [0.29, 0.717) is 12.1 Å². The zero-order valence-corrected chi connectivity index (χ0v) is 14.7. The summed E-state index contributed by atoms with van der Waals surface area (Å²) in [5.41, 5.74) is 1.47. The number of rotatable bonds is 7. The maximum Gasteiger partial charge on any atom is 0.325 e. The molecule has 134 valence electrons. The van der Waals surface area contributed by atoms with Crippen molar-refractivity contribution in [2.24, 2.45) is 0 Å². The zero-order valence-electron chi connectivity index (χ0n) is 14.7. The summed E-state index contributed by atoms with van der Waals surface area (Å²) in [5, 5.41) is 19.3. The van der Waals surface area contributed by atoms with Crippen LogP contribution >= 0.6 is 0 Å². The van der Waals surface area contributed by atoms with Gasteiger partial charge in [0.05, 0.1) is 17.5 Å². The molecule has 0 radical (unpaired) electrons. The minimum atomic E-state index is -1.11. The Labute approximate surface area is 145 Å². The molecule has 0 aliphatic carbocycles. The molecule has 2 aromatic rings. The SMILES string of the molecule is CCc1c(C(=O)N[C@@H](C)C(=O)O)nnn1-c1ccc(OC(C)C)cc1. The summed E-state index contributed by atoms with van der Waals surface area (Å²) >= 11 is 0. The number of nitrogens with zero attached hydrogens (tertiary/aromatic N) is 3. The lowest BCUT2D eigenvalue weighted by molar-refractivity contribution is -0.138. The van der Waals surface area contributed by atoms with Crippen LogP contribution in [0.2, 0.25) is 0 Å². The summed E-state index contributed by atoms with van der Waals surface area (Å²) in [6, 6.07) is 6.29. The van der Waals surface area contributed by atoms with Gasteiger partial charge in [0.25, 0.3) is 5.91 Å². The first-order chi connectivity index (χ1) is 11.8. The fraction of sp³-hybridized carbons (Fsp3) is 0.412. The topological polar surface area (TPSA) is 106 Å². The van der Waals surface area contributed by atoms with E-state index in [1.807, 2.05) is 45.0 Å². The van der Waals surface area contributed by atoms with Gasteiger partial charge in [0.1, 0.15) is 11.8 Å². The number of nitrogens with one attached hydrogen (secondary N) is 1. The third kappa shape index (κ3) is 4.34. The van der Waals surface area contributed by atoms with Crippen molar-refractivity contribution in [3.05, 3.63) is 35.7 Å². The maximum atomic E-state index is 12.2. The second-order valence-electron chi connectivity index (χ2n) is 5.84. The number of amides is 1. The van der Waals surface area contributed by atoms with Crippen LogP contribution in [0.1, 0.15) is 43.9 Å². The molecule has 0 saturated heterocycles. The van der Waals surface area contributed by atoms with Gasteiger partial charge in [0, 0.05) is 0 Å². The van der Waals surface area contributed by atoms with E-state index < -0.39 is 17.9 Å². The van der Waals surface area contributed by atoms with Crippen LogP contribution in [-0.4, -0.2) is 44.1 Å². The van der Waals surface area contributed by atoms with Gasteiger partial charge in [-0.05, 0) is 51.5 Å². The third-order valence-electron chi connectivity index (χ3n) is 3.48. The quantitative estimate of drug-likeness (QED) is 0.792. The minimum absolute atomic E-state index is 0.0787. The molecule has 0 saturated carbocycles. The Morgan fingerprint density at radius 2 is 1.88 bits per heavy atom. The molecule has 0 spiro atoms. The van der Waals surface area contributed by atoms with E-state index >= 15 is 0 Å². The van der Waals surface area contributed by atoms with Crippen LogP contribution < -0.4 is 10.1 Å². The Bertz CT molecular complexity index is 753. The van der Waals surface area contributed by atoms with Crippen molar-refractivity contribution in [2.45, 2.75) is 46.3 Å². The highest BCUT2D eigenvalue weighted by Crippen LogP contribution is 2.19. The molecular formula is C17H22N4O4. The first-order valence-electron chi connectivity index (χ1n) is 8.08. The molecule has 0 fully saturated rings. The van der Waals surface area contributed by atoms with Crippen molar-refractivity contribution >= 4 is 11.9 Å². The molecule has 25 heavy (non-hydrogen) atoms. The molecule has 1 aromatic heterocycles. The first-order valence-corrected chi connectivity index (χ1v) is 8.08. The average molecular weight is 346 g/mol. The van der Waals surface area contributed by atoms with E-state index in [0.717, 1.165) is 11.4 Å². The summed E-state index contributed by atoms with van der Waals surface area (Å²) < 4.78 is 7.18. The predicted molar refractivity (Wildman–Crippen MR) is 91.1 cm³/mol. The minimum Gasteiger partial charge on any atom is -0.491 e. The van der Waals surface area contributed by atoms with Gasteiger partial charge in [-0.15, -0.1) is 5.10 Å². The lowest BCUT2D eigenvalue weighted by Gasteiger charge is -2.11. The van der Waals surface area contributed by atoms with E-state index in [2.05, 4.69) is 15.6 Å². The third-order valence-corrected chi connectivity index (χ3v) is 3.48. The van der Waals surface area contributed by atoms with E-state index in [9.17, 15) is 9.59 Å². The standard InChI is InChI=1S/C17H22N4O4/c1-5-14-15(16(22)18-11(4)17(23)24)19-20-21(14)12-6-8-13(9-7-12)25-10(2)3/h6-11H,5H2,1-4H3,(H,18,22)(H,23,24)/t11-/m0/s1. The van der Waals surface area contributed by atoms with Crippen LogP contribution in [0.15, 0.2) is 24.3 Å². The smallest absolute Gasteiger partial charge is 0.325 e. The van der Waals surface area contributed by atoms with Gasteiger partial charge < -0.3 is 15.2 Å². The highest BCUT2D eigenvalue weighted by molar-refractivity contribution is 5.95. The van der Waals surface area contributed by atoms with E-state index in [4.69, 9.17) is 9.84 Å². The molecule has 8 nitrogen and oxygen atoms in total. The number of ether oxygens (including phenoxy) is 1. The fourth-order valence-electron chi connectivity index (χ4n) is 2.27. The number of aliphatic carboxylic acids is 1. The van der Waals surface area contributed by atoms with Crippen LogP contribution in [-0.2, 0) is 11.2 Å². The molecule has 0 unspecified atom stereocenters. The Hall–Kier alpha value is -2.90. The number of carbonyl (C=O) groups is 2. The number of hydrogen-bond donors (Lipinski definition) is 2. The molecule has 0 bridgehead atoms. The van der Waals surface area contributed by atoms with Gasteiger partial charge in [-0.25, -0.2) is 4.68 Å². The number of carboxylic acid groups (broad SMARTS) is 1. The molecule has 1 heterocycles. The van der Waals surface area contributed by atoms with Gasteiger partial charge in [-0.2, -0.15) is 0 Å². The van der Waals surface area contributed by atoms with Crippen LogP contribution in [0.4, 0.5) is 0 Å². The molecule has 2 rings (SSSR count). The highest BCUT2D eigenvalue weighted by atomic mass is 16.5. The van der Waals surface area contributed by atoms with Crippen LogP contribution in [0.3, 0.4) is 0 Å². The van der Waals surface area contributed by atoms with Crippen molar-refractivity contribution in [2.75, 3.05) is 0 Å². The Morgan fingerprint density at radius 1 is 1.24 bits per heavy atom. The van der Waals surface area contributed by atoms with Crippen LogP contribution in [0.5, 0.6) is 5.75 Å². The zero-order chi connectivity index (χ0) is 18.6. The van der Waals surface area contributed by atoms with Gasteiger partial charge in [-0.1, -0.05) is 12.1 Å². The van der Waals surface area contributed by atoms with Gasteiger partial charge >= 0.3 is 5.97 Å². The number of aromatic nitrogens is 3. The van der Waals surface area contributed by atoms with Gasteiger partial charge in [-0.3, -0.25) is 9.59 Å². The summed E-state index contributed by atoms with van der Waals surface area (Å²) in [6.45, 7) is 7.17. The molecule has 0 aliphatic rings.